The molecule has 0 bridgehead atoms. The van der Waals surface area contributed by atoms with Crippen LogP contribution in [0, 0.1) is 5.82 Å². The van der Waals surface area contributed by atoms with Gasteiger partial charge in [0.05, 0.1) is 17.9 Å². The number of aromatic hydroxyl groups is 1. The van der Waals surface area contributed by atoms with Crippen molar-refractivity contribution in [3.63, 3.8) is 0 Å². The molecule has 1 aliphatic rings. The second-order valence-electron chi connectivity index (χ2n) is 10.2. The fraction of sp³-hybridized carbons (Fsp3) is 0.435. The molecule has 9 nitrogen and oxygen atoms in total. The van der Waals surface area contributed by atoms with E-state index in [0.29, 0.717) is 22.4 Å². The molecule has 180 valence electrons. The zero-order chi connectivity index (χ0) is 23.5. The van der Waals surface area contributed by atoms with E-state index in [-0.39, 0.29) is 46.4 Å². The van der Waals surface area contributed by atoms with Crippen LogP contribution in [0.1, 0.15) is 46.6 Å². The molecule has 0 saturated carbocycles. The molecule has 1 aromatic carbocycles. The number of fused-ring (bicyclic) bond motifs is 1. The Hall–Kier alpha value is -3.11. The third kappa shape index (κ3) is 4.35. The summed E-state index contributed by atoms with van der Waals surface area (Å²) in [7, 11) is 1.75. The number of rotatable bonds is 3. The van der Waals surface area contributed by atoms with Crippen LogP contribution in [-0.2, 0) is 7.05 Å². The van der Waals surface area contributed by atoms with E-state index in [1.807, 2.05) is 4.68 Å². The first kappa shape index (κ1) is 24.0. The van der Waals surface area contributed by atoms with Gasteiger partial charge in [0.1, 0.15) is 17.1 Å². The summed E-state index contributed by atoms with van der Waals surface area (Å²) in [6.45, 7) is 8.71. The van der Waals surface area contributed by atoms with Crippen LogP contribution in [0.15, 0.2) is 30.6 Å². The zero-order valence-electron chi connectivity index (χ0n) is 19.7. The molecule has 0 unspecified atom stereocenters. The average molecular weight is 487 g/mol. The molecule has 0 atom stereocenters. The Morgan fingerprint density at radius 2 is 1.74 bits per heavy atom. The van der Waals surface area contributed by atoms with Gasteiger partial charge in [-0.15, -0.1) is 27.7 Å². The van der Waals surface area contributed by atoms with E-state index in [1.54, 1.807) is 30.2 Å². The Labute approximate surface area is 202 Å². The van der Waals surface area contributed by atoms with Crippen LogP contribution in [-0.4, -0.2) is 51.2 Å². The second kappa shape index (κ2) is 8.28. The standard InChI is InChI=1S/C23H27FN8O.ClH/c1-22(2)9-14(10-23(3,4)29-22)32-21-19(27-30-32)8-18(26-28-21)16-6-17(24)15(7-20(16)33)13-11-25-31(5)12-13;/h6-8,11-12,14,29,33H,9-10H2,1-5H3;1H. The number of nitrogens with one attached hydrogen (secondary N) is 1. The van der Waals surface area contributed by atoms with Crippen molar-refractivity contribution in [3.8, 4) is 28.1 Å². The largest absolute Gasteiger partial charge is 0.507 e. The van der Waals surface area contributed by atoms with Crippen molar-refractivity contribution in [2.75, 3.05) is 0 Å². The summed E-state index contributed by atoms with van der Waals surface area (Å²) in [6, 6.07) is 4.44. The van der Waals surface area contributed by atoms with Crippen molar-refractivity contribution in [2.45, 2.75) is 57.7 Å². The fourth-order valence-corrected chi connectivity index (χ4v) is 5.12. The molecule has 1 fully saturated rings. The predicted molar refractivity (Wildman–Crippen MR) is 129 cm³/mol. The van der Waals surface area contributed by atoms with Gasteiger partial charge in [0, 0.05) is 41.0 Å². The predicted octanol–water partition coefficient (Wildman–Crippen LogP) is 4.04. The summed E-state index contributed by atoms with van der Waals surface area (Å²) >= 11 is 0. The minimum absolute atomic E-state index is 0. The molecule has 5 rings (SSSR count). The van der Waals surface area contributed by atoms with Crippen molar-refractivity contribution in [1.29, 1.82) is 0 Å². The first-order valence-electron chi connectivity index (χ1n) is 10.9. The summed E-state index contributed by atoms with van der Waals surface area (Å²) < 4.78 is 18.3. The molecule has 0 radical (unpaired) electrons. The maximum atomic E-state index is 14.9. The third-order valence-corrected chi connectivity index (χ3v) is 6.11. The SMILES string of the molecule is Cl.Cn1cc(-c2cc(O)c(-c3cc4nnn(C5CC(C)(C)NC(C)(C)C5)c4nn3)cc2F)cn1. The van der Waals surface area contributed by atoms with Gasteiger partial charge in [-0.25, -0.2) is 9.07 Å². The van der Waals surface area contributed by atoms with Gasteiger partial charge in [0.2, 0.25) is 5.65 Å². The lowest BCUT2D eigenvalue weighted by atomic mass is 9.80. The molecular weight excluding hydrogens is 459 g/mol. The molecule has 1 aliphatic heterocycles. The molecule has 4 aromatic rings. The van der Waals surface area contributed by atoms with Gasteiger partial charge in [-0.1, -0.05) is 5.21 Å². The first-order chi connectivity index (χ1) is 15.5. The fourth-order valence-electron chi connectivity index (χ4n) is 5.12. The maximum Gasteiger partial charge on any atom is 0.201 e. The van der Waals surface area contributed by atoms with Crippen LogP contribution in [0.3, 0.4) is 0 Å². The second-order valence-corrected chi connectivity index (χ2v) is 10.2. The number of phenols is 1. The lowest BCUT2D eigenvalue weighted by molar-refractivity contribution is 0.127. The number of phenolic OH excluding ortho intramolecular Hbond substituents is 1. The number of aryl methyl sites for hydroxylation is 1. The van der Waals surface area contributed by atoms with Gasteiger partial charge in [-0.3, -0.25) is 4.68 Å². The van der Waals surface area contributed by atoms with E-state index in [2.05, 4.69) is 58.6 Å². The minimum atomic E-state index is -0.486. The van der Waals surface area contributed by atoms with Crippen LogP contribution >= 0.6 is 12.4 Å². The number of hydrogen-bond acceptors (Lipinski definition) is 7. The van der Waals surface area contributed by atoms with Crippen LogP contribution in [0.25, 0.3) is 33.5 Å². The average Bonchev–Trinajstić information content (AvgIpc) is 3.32. The summed E-state index contributed by atoms with van der Waals surface area (Å²) in [5.41, 5.74) is 2.42. The molecule has 0 aliphatic carbocycles. The van der Waals surface area contributed by atoms with E-state index in [4.69, 9.17) is 0 Å². The Morgan fingerprint density at radius 3 is 2.38 bits per heavy atom. The minimum Gasteiger partial charge on any atom is -0.507 e. The highest BCUT2D eigenvalue weighted by atomic mass is 35.5. The van der Waals surface area contributed by atoms with Crippen LogP contribution in [0.2, 0.25) is 0 Å². The monoisotopic (exact) mass is 486 g/mol. The van der Waals surface area contributed by atoms with E-state index in [0.717, 1.165) is 12.8 Å². The smallest absolute Gasteiger partial charge is 0.201 e. The van der Waals surface area contributed by atoms with Crippen molar-refractivity contribution >= 4 is 23.6 Å². The van der Waals surface area contributed by atoms with Gasteiger partial charge >= 0.3 is 0 Å². The summed E-state index contributed by atoms with van der Waals surface area (Å²) in [4.78, 5) is 0. The Bertz CT molecular complexity index is 1350. The Balaban J connectivity index is 0.00000274. The maximum absolute atomic E-state index is 14.9. The lowest BCUT2D eigenvalue weighted by Gasteiger charge is -2.46. The number of nitrogens with zero attached hydrogens (tertiary/aromatic N) is 7. The van der Waals surface area contributed by atoms with E-state index < -0.39 is 5.82 Å². The number of hydrogen-bond donors (Lipinski definition) is 2. The van der Waals surface area contributed by atoms with Crippen molar-refractivity contribution in [1.82, 2.24) is 40.3 Å². The topological polar surface area (TPSA) is 107 Å². The number of benzene rings is 1. The zero-order valence-corrected chi connectivity index (χ0v) is 20.6. The van der Waals surface area contributed by atoms with Crippen LogP contribution in [0.5, 0.6) is 5.75 Å². The van der Waals surface area contributed by atoms with Gasteiger partial charge in [-0.05, 0) is 58.7 Å². The molecule has 3 aromatic heterocycles. The quantitative estimate of drug-likeness (QED) is 0.450. The highest BCUT2D eigenvalue weighted by molar-refractivity contribution is 5.85. The van der Waals surface area contributed by atoms with Gasteiger partial charge in [0.25, 0.3) is 0 Å². The normalized spacial score (nSPS) is 17.6. The number of halogens is 2. The highest BCUT2D eigenvalue weighted by Crippen LogP contribution is 2.38. The summed E-state index contributed by atoms with van der Waals surface area (Å²) in [6.07, 6.45) is 4.98. The molecule has 34 heavy (non-hydrogen) atoms. The lowest BCUT2D eigenvalue weighted by Crippen LogP contribution is -2.58. The van der Waals surface area contributed by atoms with E-state index in [9.17, 15) is 9.50 Å². The Morgan fingerprint density at radius 1 is 1.03 bits per heavy atom. The van der Waals surface area contributed by atoms with Crippen molar-refractivity contribution in [2.24, 2.45) is 7.05 Å². The first-order valence-corrected chi connectivity index (χ1v) is 10.9. The van der Waals surface area contributed by atoms with Gasteiger partial charge in [0.15, 0.2) is 0 Å². The molecule has 4 heterocycles. The van der Waals surface area contributed by atoms with Crippen molar-refractivity contribution in [3.05, 3.63) is 36.4 Å². The number of aromatic nitrogens is 7. The van der Waals surface area contributed by atoms with Crippen LogP contribution in [0.4, 0.5) is 4.39 Å². The van der Waals surface area contributed by atoms with Crippen molar-refractivity contribution < 1.29 is 9.50 Å². The molecule has 0 amide bonds. The third-order valence-electron chi connectivity index (χ3n) is 6.11. The van der Waals surface area contributed by atoms with E-state index >= 15 is 0 Å². The molecule has 2 N–H and O–H groups in total. The molecule has 11 heteroatoms. The highest BCUT2D eigenvalue weighted by Gasteiger charge is 2.39. The van der Waals surface area contributed by atoms with E-state index in [1.165, 1.54) is 12.1 Å². The van der Waals surface area contributed by atoms with Gasteiger partial charge < -0.3 is 10.4 Å². The Kier molecular flexibility index (Phi) is 5.85. The summed E-state index contributed by atoms with van der Waals surface area (Å²) in [5.74, 6) is -0.585. The van der Waals surface area contributed by atoms with Gasteiger partial charge in [-0.2, -0.15) is 5.10 Å². The van der Waals surface area contributed by atoms with Crippen LogP contribution < -0.4 is 5.32 Å². The number of piperidine rings is 1. The molecular formula is C23H28ClFN8O. The molecule has 0 spiro atoms. The molecule has 1 saturated heterocycles. The summed E-state index contributed by atoms with van der Waals surface area (Å²) in [5, 5.41) is 35.7.